The third-order valence-corrected chi connectivity index (χ3v) is 4.69. The standard InChI is InChI=1S/C15H19N5/c1-10-6-8-15(9-7-10)19-13(16)18-14-17-11-4-2-3-5-12(11)20(14)15/h2-5,10H,6-9H2,1H3,(H3,16,17,18,19)/p+1. The molecule has 2 aliphatic rings. The molecule has 0 bridgehead atoms. The van der Waals surface area contributed by atoms with E-state index in [4.69, 9.17) is 10.7 Å². The molecule has 4 rings (SSSR count). The first-order valence-corrected chi connectivity index (χ1v) is 7.34. The number of anilines is 1. The maximum atomic E-state index is 6.02. The van der Waals surface area contributed by atoms with Gasteiger partial charge in [0.05, 0.1) is 0 Å². The maximum Gasteiger partial charge on any atom is 0.365 e. The Hall–Kier alpha value is -2.04. The minimum Gasteiger partial charge on any atom is -0.357 e. The highest BCUT2D eigenvalue weighted by atomic mass is 15.4. The average Bonchev–Trinajstić information content (AvgIpc) is 2.80. The number of para-hydroxylation sites is 2. The normalized spacial score (nSPS) is 29.1. The van der Waals surface area contributed by atoms with Gasteiger partial charge in [-0.1, -0.05) is 19.1 Å². The van der Waals surface area contributed by atoms with Gasteiger partial charge in [0.15, 0.2) is 5.66 Å². The zero-order chi connectivity index (χ0) is 13.7. The van der Waals surface area contributed by atoms with Crippen LogP contribution in [0.15, 0.2) is 29.3 Å². The molecule has 5 heteroatoms. The van der Waals surface area contributed by atoms with E-state index in [0.29, 0.717) is 5.96 Å². The van der Waals surface area contributed by atoms with Crippen molar-refractivity contribution in [1.29, 1.82) is 0 Å². The van der Waals surface area contributed by atoms with E-state index in [1.807, 2.05) is 6.07 Å². The first-order valence-electron chi connectivity index (χ1n) is 7.34. The summed E-state index contributed by atoms with van der Waals surface area (Å²) in [6, 6.07) is 8.36. The number of nitrogens with one attached hydrogen (secondary N) is 2. The molecule has 5 nitrogen and oxygen atoms in total. The fourth-order valence-corrected chi connectivity index (χ4v) is 3.58. The van der Waals surface area contributed by atoms with Crippen LogP contribution in [0.25, 0.3) is 11.0 Å². The molecule has 1 aromatic carbocycles. The van der Waals surface area contributed by atoms with Crippen molar-refractivity contribution in [3.8, 4) is 0 Å². The first kappa shape index (κ1) is 11.8. The lowest BCUT2D eigenvalue weighted by Gasteiger charge is -2.36. The van der Waals surface area contributed by atoms with Crippen LogP contribution < -0.4 is 15.6 Å². The third kappa shape index (κ3) is 1.55. The number of nitrogens with two attached hydrogens (primary N) is 1. The number of imidazole rings is 1. The van der Waals surface area contributed by atoms with Crippen LogP contribution in [-0.4, -0.2) is 10.9 Å². The number of fused-ring (bicyclic) bond motifs is 4. The highest BCUT2D eigenvalue weighted by molar-refractivity contribution is 5.92. The average molecular weight is 270 g/mol. The number of aromatic amines is 1. The molecule has 1 spiro atoms. The molecule has 1 saturated carbocycles. The number of aromatic nitrogens is 2. The van der Waals surface area contributed by atoms with Crippen LogP contribution >= 0.6 is 0 Å². The van der Waals surface area contributed by atoms with Gasteiger partial charge in [-0.2, -0.15) is 4.99 Å². The van der Waals surface area contributed by atoms with Crippen LogP contribution in [0.3, 0.4) is 0 Å². The lowest BCUT2D eigenvalue weighted by molar-refractivity contribution is -0.733. The van der Waals surface area contributed by atoms with Gasteiger partial charge in [-0.25, -0.2) is 14.9 Å². The Labute approximate surface area is 117 Å². The number of benzene rings is 1. The maximum absolute atomic E-state index is 6.02. The largest absolute Gasteiger partial charge is 0.365 e. The van der Waals surface area contributed by atoms with Crippen LogP contribution in [0.1, 0.15) is 32.6 Å². The van der Waals surface area contributed by atoms with Crippen molar-refractivity contribution in [1.82, 2.24) is 4.98 Å². The van der Waals surface area contributed by atoms with Gasteiger partial charge in [-0.15, -0.1) is 0 Å². The van der Waals surface area contributed by atoms with Gasteiger partial charge in [0.1, 0.15) is 11.0 Å². The lowest BCUT2D eigenvalue weighted by atomic mass is 9.82. The van der Waals surface area contributed by atoms with Gasteiger partial charge < -0.3 is 5.73 Å². The van der Waals surface area contributed by atoms with Crippen molar-refractivity contribution in [2.24, 2.45) is 16.6 Å². The molecule has 0 unspecified atom stereocenters. The molecule has 0 saturated heterocycles. The van der Waals surface area contributed by atoms with Gasteiger partial charge >= 0.3 is 5.95 Å². The Bertz CT molecular complexity index is 691. The number of hydrogen-bond acceptors (Lipinski definition) is 3. The number of guanidine groups is 1. The minimum absolute atomic E-state index is 0.212. The fraction of sp³-hybridized carbons (Fsp3) is 0.467. The molecular weight excluding hydrogens is 250 g/mol. The number of hydrogen-bond donors (Lipinski definition) is 3. The molecule has 0 amide bonds. The van der Waals surface area contributed by atoms with E-state index in [9.17, 15) is 0 Å². The Morgan fingerprint density at radius 3 is 2.85 bits per heavy atom. The monoisotopic (exact) mass is 270 g/mol. The molecule has 2 aromatic rings. The Balaban J connectivity index is 1.94. The first-order chi connectivity index (χ1) is 9.68. The Morgan fingerprint density at radius 2 is 2.05 bits per heavy atom. The molecule has 104 valence electrons. The number of H-pyrrole nitrogens is 1. The van der Waals surface area contributed by atoms with Crippen molar-refractivity contribution in [3.63, 3.8) is 0 Å². The smallest absolute Gasteiger partial charge is 0.357 e. The summed E-state index contributed by atoms with van der Waals surface area (Å²) in [5.74, 6) is 2.25. The number of aliphatic imine (C=N–C) groups is 1. The molecule has 1 aliphatic carbocycles. The van der Waals surface area contributed by atoms with Gasteiger partial charge in [0, 0.05) is 12.8 Å². The lowest BCUT2D eigenvalue weighted by Crippen LogP contribution is -2.61. The third-order valence-electron chi connectivity index (χ3n) is 4.69. The predicted molar refractivity (Wildman–Crippen MR) is 79.3 cm³/mol. The Kier molecular flexibility index (Phi) is 2.34. The molecule has 20 heavy (non-hydrogen) atoms. The summed E-state index contributed by atoms with van der Waals surface area (Å²) in [6.07, 6.45) is 4.50. The van der Waals surface area contributed by atoms with Crippen molar-refractivity contribution in [2.75, 3.05) is 5.32 Å². The SMILES string of the molecule is CC1CCC2(CC1)N=C(N)Nc1[nH]c3ccccc3[n+]12. The summed E-state index contributed by atoms with van der Waals surface area (Å²) in [6.45, 7) is 2.32. The van der Waals surface area contributed by atoms with E-state index in [0.717, 1.165) is 30.2 Å². The Morgan fingerprint density at radius 1 is 1.30 bits per heavy atom. The van der Waals surface area contributed by atoms with E-state index in [1.165, 1.54) is 18.4 Å². The van der Waals surface area contributed by atoms with Gasteiger partial charge in [0.25, 0.3) is 5.96 Å². The van der Waals surface area contributed by atoms with Crippen LogP contribution in [0, 0.1) is 5.92 Å². The second-order valence-electron chi connectivity index (χ2n) is 6.11. The molecule has 1 aliphatic heterocycles. The van der Waals surface area contributed by atoms with E-state index in [-0.39, 0.29) is 5.66 Å². The number of rotatable bonds is 0. The zero-order valence-electron chi connectivity index (χ0n) is 11.7. The minimum atomic E-state index is -0.212. The quantitative estimate of drug-likeness (QED) is 0.641. The second kappa shape index (κ2) is 3.98. The predicted octanol–water partition coefficient (Wildman–Crippen LogP) is 2.06. The van der Waals surface area contributed by atoms with E-state index >= 15 is 0 Å². The van der Waals surface area contributed by atoms with Crippen molar-refractivity contribution >= 4 is 22.9 Å². The molecule has 0 radical (unpaired) electrons. The van der Waals surface area contributed by atoms with Crippen molar-refractivity contribution in [2.45, 2.75) is 38.3 Å². The van der Waals surface area contributed by atoms with Gasteiger partial charge in [0.2, 0.25) is 0 Å². The summed E-state index contributed by atoms with van der Waals surface area (Å²) in [7, 11) is 0. The zero-order valence-corrected chi connectivity index (χ0v) is 11.7. The summed E-state index contributed by atoms with van der Waals surface area (Å²) in [4.78, 5) is 8.22. The van der Waals surface area contributed by atoms with E-state index in [2.05, 4.69) is 40.0 Å². The molecule has 4 N–H and O–H groups in total. The van der Waals surface area contributed by atoms with Crippen molar-refractivity contribution in [3.05, 3.63) is 24.3 Å². The van der Waals surface area contributed by atoms with Gasteiger partial charge in [-0.05, 0) is 30.9 Å². The molecule has 1 fully saturated rings. The number of nitrogens with zero attached hydrogens (tertiary/aromatic N) is 2. The van der Waals surface area contributed by atoms with Crippen LogP contribution in [0.2, 0.25) is 0 Å². The summed E-state index contributed by atoms with van der Waals surface area (Å²) >= 11 is 0. The van der Waals surface area contributed by atoms with Gasteiger partial charge in [-0.3, -0.25) is 0 Å². The van der Waals surface area contributed by atoms with E-state index in [1.54, 1.807) is 0 Å². The highest BCUT2D eigenvalue weighted by Crippen LogP contribution is 2.38. The molecule has 0 atom stereocenters. The summed E-state index contributed by atoms with van der Waals surface area (Å²) in [5.41, 5.74) is 8.12. The van der Waals surface area contributed by atoms with Crippen LogP contribution in [0.5, 0.6) is 0 Å². The summed E-state index contributed by atoms with van der Waals surface area (Å²) < 4.78 is 2.31. The van der Waals surface area contributed by atoms with E-state index < -0.39 is 0 Å². The topological polar surface area (TPSA) is 70.1 Å². The molecule has 1 aromatic heterocycles. The fourth-order valence-electron chi connectivity index (χ4n) is 3.58. The van der Waals surface area contributed by atoms with Crippen molar-refractivity contribution < 1.29 is 4.57 Å². The summed E-state index contributed by atoms with van der Waals surface area (Å²) in [5, 5.41) is 3.17. The second-order valence-corrected chi connectivity index (χ2v) is 6.11. The van der Waals surface area contributed by atoms with Crippen LogP contribution in [-0.2, 0) is 5.66 Å². The molecular formula is C15H20N5+. The molecule has 2 heterocycles. The van der Waals surface area contributed by atoms with Crippen LogP contribution in [0.4, 0.5) is 5.95 Å². The highest BCUT2D eigenvalue weighted by Gasteiger charge is 2.45.